The lowest BCUT2D eigenvalue weighted by molar-refractivity contribution is -0.121. The maximum absolute atomic E-state index is 13.3. The van der Waals surface area contributed by atoms with E-state index in [0.29, 0.717) is 11.4 Å². The number of rotatable bonds is 13. The number of carbonyl (C=O) groups is 2. The van der Waals surface area contributed by atoms with Gasteiger partial charge in [-0.15, -0.1) is 0 Å². The minimum atomic E-state index is -4.03. The Morgan fingerprint density at radius 1 is 0.476 bits per heavy atom. The first-order chi connectivity index (χ1) is 20.2. The summed E-state index contributed by atoms with van der Waals surface area (Å²) < 4.78 is 55.3. The normalized spacial score (nSPS) is 11.3. The molecule has 42 heavy (non-hydrogen) atoms. The molecule has 0 aromatic heterocycles. The van der Waals surface area contributed by atoms with Crippen molar-refractivity contribution in [3.8, 4) is 0 Å². The summed E-state index contributed by atoms with van der Waals surface area (Å²) in [5.74, 6) is -1.16. The van der Waals surface area contributed by atoms with Gasteiger partial charge in [-0.1, -0.05) is 72.8 Å². The van der Waals surface area contributed by atoms with E-state index in [9.17, 15) is 26.4 Å². The molecule has 10 nitrogen and oxygen atoms in total. The van der Waals surface area contributed by atoms with Gasteiger partial charge in [-0.25, -0.2) is 16.8 Å². The Bertz CT molecular complexity index is 1560. The van der Waals surface area contributed by atoms with E-state index in [1.54, 1.807) is 97.1 Å². The van der Waals surface area contributed by atoms with Crippen molar-refractivity contribution in [3.63, 3.8) is 0 Å². The summed E-state index contributed by atoms with van der Waals surface area (Å²) in [6.45, 7) is -0.969. The summed E-state index contributed by atoms with van der Waals surface area (Å²) in [4.78, 5) is 25.7. The molecule has 0 spiro atoms. The van der Waals surface area contributed by atoms with E-state index in [-0.39, 0.29) is 22.9 Å². The zero-order chi connectivity index (χ0) is 30.0. The molecule has 4 aromatic rings. The molecule has 0 aliphatic carbocycles. The molecule has 4 aromatic carbocycles. The molecular weight excluding hydrogens is 576 g/mol. The minimum Gasteiger partial charge on any atom is -0.353 e. The number of sulfonamides is 2. The number of hydrogen-bond donors (Lipinski definition) is 2. The van der Waals surface area contributed by atoms with Crippen LogP contribution in [0, 0.1) is 0 Å². The molecule has 0 bridgehead atoms. The number of benzene rings is 4. The smallest absolute Gasteiger partial charge is 0.264 e. The van der Waals surface area contributed by atoms with Crippen LogP contribution < -0.4 is 19.2 Å². The fourth-order valence-corrected chi connectivity index (χ4v) is 6.92. The van der Waals surface area contributed by atoms with Crippen molar-refractivity contribution in [1.29, 1.82) is 0 Å². The summed E-state index contributed by atoms with van der Waals surface area (Å²) in [5.41, 5.74) is 0.649. The maximum atomic E-state index is 13.3. The molecule has 0 saturated heterocycles. The lowest BCUT2D eigenvalue weighted by Gasteiger charge is -2.24. The highest BCUT2D eigenvalue weighted by molar-refractivity contribution is 7.93. The third-order valence-corrected chi connectivity index (χ3v) is 9.67. The van der Waals surface area contributed by atoms with E-state index in [0.717, 1.165) is 8.61 Å². The lowest BCUT2D eigenvalue weighted by atomic mass is 10.3. The average Bonchev–Trinajstić information content (AvgIpc) is 3.02. The Labute approximate surface area is 245 Å². The van der Waals surface area contributed by atoms with Crippen LogP contribution in [0.15, 0.2) is 131 Å². The van der Waals surface area contributed by atoms with Crippen molar-refractivity contribution in [2.24, 2.45) is 0 Å². The van der Waals surface area contributed by atoms with Gasteiger partial charge in [-0.05, 0) is 48.5 Å². The largest absolute Gasteiger partial charge is 0.353 e. The Hall–Kier alpha value is -4.68. The van der Waals surface area contributed by atoms with E-state index in [1.165, 1.54) is 24.3 Å². The van der Waals surface area contributed by atoms with E-state index < -0.39 is 45.0 Å². The molecule has 0 unspecified atom stereocenters. The summed E-state index contributed by atoms with van der Waals surface area (Å²) in [6, 6.07) is 32.2. The number of para-hydroxylation sites is 2. The minimum absolute atomic E-state index is 0.00460. The first-order valence-electron chi connectivity index (χ1n) is 13.0. The van der Waals surface area contributed by atoms with Gasteiger partial charge in [0.2, 0.25) is 11.8 Å². The van der Waals surface area contributed by atoms with Gasteiger partial charge in [0, 0.05) is 13.1 Å². The van der Waals surface area contributed by atoms with Crippen LogP contribution in [0.1, 0.15) is 0 Å². The van der Waals surface area contributed by atoms with E-state index in [2.05, 4.69) is 10.6 Å². The number of hydrogen-bond acceptors (Lipinski definition) is 6. The molecular formula is C30H30N4O6S2. The molecule has 218 valence electrons. The molecule has 0 atom stereocenters. The first-order valence-corrected chi connectivity index (χ1v) is 15.9. The Kier molecular flexibility index (Phi) is 9.94. The highest BCUT2D eigenvalue weighted by Crippen LogP contribution is 2.24. The molecule has 2 N–H and O–H groups in total. The van der Waals surface area contributed by atoms with Crippen LogP contribution in [-0.2, 0) is 29.6 Å². The molecule has 0 heterocycles. The predicted molar refractivity (Wildman–Crippen MR) is 161 cm³/mol. The van der Waals surface area contributed by atoms with Crippen molar-refractivity contribution in [3.05, 3.63) is 121 Å². The number of anilines is 2. The first kappa shape index (κ1) is 30.3. The quantitative estimate of drug-likeness (QED) is 0.225. The Morgan fingerprint density at radius 2 is 0.762 bits per heavy atom. The molecule has 4 rings (SSSR count). The van der Waals surface area contributed by atoms with Crippen molar-refractivity contribution < 1.29 is 26.4 Å². The van der Waals surface area contributed by atoms with Crippen LogP contribution in [0.25, 0.3) is 0 Å². The fourth-order valence-electron chi connectivity index (χ4n) is 4.03. The zero-order valence-corrected chi connectivity index (χ0v) is 24.2. The Morgan fingerprint density at radius 3 is 1.07 bits per heavy atom. The molecule has 0 fully saturated rings. The van der Waals surface area contributed by atoms with Gasteiger partial charge < -0.3 is 10.6 Å². The van der Waals surface area contributed by atoms with E-state index in [1.807, 2.05) is 0 Å². The SMILES string of the molecule is O=C(CN(c1ccccc1)S(=O)(=O)c1ccccc1)NCCNC(=O)CN(c1ccccc1)S(=O)(=O)c1ccccc1. The highest BCUT2D eigenvalue weighted by atomic mass is 32.2. The summed E-state index contributed by atoms with van der Waals surface area (Å²) in [5, 5.41) is 5.22. The van der Waals surface area contributed by atoms with Crippen molar-refractivity contribution in [2.45, 2.75) is 9.79 Å². The monoisotopic (exact) mass is 606 g/mol. The third kappa shape index (κ3) is 7.53. The second-order valence-electron chi connectivity index (χ2n) is 9.02. The van der Waals surface area contributed by atoms with E-state index in [4.69, 9.17) is 0 Å². The molecule has 2 amide bonds. The number of nitrogens with zero attached hydrogens (tertiary/aromatic N) is 2. The van der Waals surface area contributed by atoms with Gasteiger partial charge >= 0.3 is 0 Å². The van der Waals surface area contributed by atoms with Crippen LogP contribution in [0.4, 0.5) is 11.4 Å². The van der Waals surface area contributed by atoms with Gasteiger partial charge in [0.25, 0.3) is 20.0 Å². The topological polar surface area (TPSA) is 133 Å². The second-order valence-corrected chi connectivity index (χ2v) is 12.7. The van der Waals surface area contributed by atoms with Gasteiger partial charge in [-0.3, -0.25) is 18.2 Å². The number of nitrogens with one attached hydrogen (secondary N) is 2. The standard InChI is InChI=1S/C30H30N4O6S2/c35-29(23-33(25-13-5-1-6-14-25)41(37,38)27-17-9-3-10-18-27)31-21-22-32-30(36)24-34(26-15-7-2-8-16-26)42(39,40)28-19-11-4-12-20-28/h1-20H,21-24H2,(H,31,35)(H,32,36). The molecule has 0 saturated carbocycles. The molecule has 0 aliphatic rings. The number of amides is 2. The second kappa shape index (κ2) is 13.8. The maximum Gasteiger partial charge on any atom is 0.264 e. The lowest BCUT2D eigenvalue weighted by Crippen LogP contribution is -2.45. The molecule has 0 aliphatic heterocycles. The number of carbonyl (C=O) groups excluding carboxylic acids is 2. The van der Waals surface area contributed by atoms with Crippen LogP contribution >= 0.6 is 0 Å². The average molecular weight is 607 g/mol. The molecule has 0 radical (unpaired) electrons. The van der Waals surface area contributed by atoms with Crippen LogP contribution in [0.3, 0.4) is 0 Å². The van der Waals surface area contributed by atoms with Crippen LogP contribution in [0.2, 0.25) is 0 Å². The van der Waals surface area contributed by atoms with E-state index >= 15 is 0 Å². The molecule has 12 heteroatoms. The van der Waals surface area contributed by atoms with Crippen LogP contribution in [-0.4, -0.2) is 54.8 Å². The Balaban J connectivity index is 1.37. The fraction of sp³-hybridized carbons (Fsp3) is 0.133. The summed E-state index contributed by atoms with van der Waals surface area (Å²) >= 11 is 0. The van der Waals surface area contributed by atoms with Gasteiger partial charge in [0.1, 0.15) is 13.1 Å². The predicted octanol–water partition coefficient (Wildman–Crippen LogP) is 3.01. The van der Waals surface area contributed by atoms with Gasteiger partial charge in [0.05, 0.1) is 21.2 Å². The zero-order valence-electron chi connectivity index (χ0n) is 22.5. The van der Waals surface area contributed by atoms with Gasteiger partial charge in [0.15, 0.2) is 0 Å². The third-order valence-electron chi connectivity index (χ3n) is 6.09. The van der Waals surface area contributed by atoms with Crippen LogP contribution in [0.5, 0.6) is 0 Å². The van der Waals surface area contributed by atoms with Crippen molar-refractivity contribution in [2.75, 3.05) is 34.8 Å². The van der Waals surface area contributed by atoms with Crippen molar-refractivity contribution in [1.82, 2.24) is 10.6 Å². The van der Waals surface area contributed by atoms with Crippen molar-refractivity contribution >= 4 is 43.2 Å². The van der Waals surface area contributed by atoms with Gasteiger partial charge in [-0.2, -0.15) is 0 Å². The summed E-state index contributed by atoms with van der Waals surface area (Å²) in [6.07, 6.45) is 0. The highest BCUT2D eigenvalue weighted by Gasteiger charge is 2.28. The summed E-state index contributed by atoms with van der Waals surface area (Å²) in [7, 11) is -8.06.